The van der Waals surface area contributed by atoms with Crippen LogP contribution in [0.2, 0.25) is 0 Å². The van der Waals surface area contributed by atoms with Gasteiger partial charge in [0, 0.05) is 33.6 Å². The maximum absolute atomic E-state index is 8.89. The predicted molar refractivity (Wildman–Crippen MR) is 112 cm³/mol. The third kappa shape index (κ3) is 1.90. The monoisotopic (exact) mass is 365 g/mol. The van der Waals surface area contributed by atoms with E-state index in [0.717, 1.165) is 38.3 Å². The number of imidazole rings is 1. The van der Waals surface area contributed by atoms with Gasteiger partial charge in [-0.15, -0.1) is 0 Å². The second kappa shape index (κ2) is 5.20. The molecule has 0 saturated heterocycles. The van der Waals surface area contributed by atoms with Gasteiger partial charge < -0.3 is 20.7 Å². The van der Waals surface area contributed by atoms with Gasteiger partial charge in [-0.2, -0.15) is 0 Å². The number of hydrogen-bond donors (Lipinski definition) is 5. The van der Waals surface area contributed by atoms with Crippen molar-refractivity contribution < 1.29 is 0 Å². The second-order valence-electron chi connectivity index (χ2n) is 6.82. The van der Waals surface area contributed by atoms with Crippen molar-refractivity contribution in [2.45, 2.75) is 0 Å². The molecule has 0 aliphatic heterocycles. The largest absolute Gasteiger partial charge is 0.369 e. The number of hydrogen-bond acceptors (Lipinski definition) is 4. The van der Waals surface area contributed by atoms with Gasteiger partial charge in [-0.25, -0.2) is 9.97 Å². The average Bonchev–Trinajstić information content (AvgIpc) is 3.40. The second-order valence-corrected chi connectivity index (χ2v) is 6.82. The normalized spacial score (nSPS) is 11.9. The fraction of sp³-hybridized carbons (Fsp3) is 0. The molecule has 0 unspecified atom stereocenters. The Morgan fingerprint density at radius 3 is 2.50 bits per heavy atom. The highest BCUT2D eigenvalue weighted by Crippen LogP contribution is 2.33. The number of pyridine rings is 1. The molecule has 134 valence electrons. The lowest BCUT2D eigenvalue weighted by Crippen LogP contribution is -2.05. The fourth-order valence-electron chi connectivity index (χ4n) is 3.95. The maximum atomic E-state index is 8.89. The van der Waals surface area contributed by atoms with E-state index in [9.17, 15) is 0 Å². The summed E-state index contributed by atoms with van der Waals surface area (Å²) in [5, 5.41) is 11.8. The van der Waals surface area contributed by atoms with E-state index in [1.807, 2.05) is 54.7 Å². The van der Waals surface area contributed by atoms with Crippen molar-refractivity contribution in [3.05, 3.63) is 66.0 Å². The Kier molecular flexibility index (Phi) is 2.78. The molecule has 0 radical (unpaired) electrons. The van der Waals surface area contributed by atoms with E-state index in [2.05, 4.69) is 19.9 Å². The van der Waals surface area contributed by atoms with Gasteiger partial charge in [0.05, 0.1) is 16.6 Å². The maximum Gasteiger partial charge on any atom is 0.198 e. The number of rotatable bonds is 2. The van der Waals surface area contributed by atoms with Crippen LogP contribution in [0, 0.1) is 5.41 Å². The highest BCUT2D eigenvalue weighted by Gasteiger charge is 2.21. The average molecular weight is 365 g/mol. The third-order valence-electron chi connectivity index (χ3n) is 5.20. The van der Waals surface area contributed by atoms with Crippen molar-refractivity contribution in [3.63, 3.8) is 0 Å². The number of nitrogens with one attached hydrogen (secondary N) is 4. The SMILES string of the molecule is N=C(c1c[nH]c2ccccc12)c1nc2[nH]c3ccccc3c2c2nc(N)[nH]c12. The van der Waals surface area contributed by atoms with Crippen molar-refractivity contribution in [1.82, 2.24) is 24.9 Å². The minimum absolute atomic E-state index is 0.308. The fourth-order valence-corrected chi connectivity index (χ4v) is 3.95. The van der Waals surface area contributed by atoms with E-state index >= 15 is 0 Å². The zero-order valence-electron chi connectivity index (χ0n) is 14.7. The molecule has 4 aromatic heterocycles. The first-order valence-electron chi connectivity index (χ1n) is 8.92. The van der Waals surface area contributed by atoms with Crippen molar-refractivity contribution >= 4 is 55.5 Å². The lowest BCUT2D eigenvalue weighted by Gasteiger charge is -2.05. The molecule has 0 aliphatic carbocycles. The highest BCUT2D eigenvalue weighted by atomic mass is 15.0. The van der Waals surface area contributed by atoms with E-state index < -0.39 is 0 Å². The molecule has 28 heavy (non-hydrogen) atoms. The van der Waals surface area contributed by atoms with Crippen LogP contribution in [0.5, 0.6) is 0 Å². The first-order chi connectivity index (χ1) is 13.7. The number of nitrogens with two attached hydrogens (primary N) is 1. The Morgan fingerprint density at radius 1 is 0.893 bits per heavy atom. The van der Waals surface area contributed by atoms with Crippen molar-refractivity contribution in [2.24, 2.45) is 0 Å². The number of aromatic nitrogens is 5. The summed E-state index contributed by atoms with van der Waals surface area (Å²) in [6, 6.07) is 15.9. The van der Waals surface area contributed by atoms with Gasteiger partial charge in [0.25, 0.3) is 0 Å². The van der Waals surface area contributed by atoms with Crippen LogP contribution in [-0.2, 0) is 0 Å². The molecule has 6 N–H and O–H groups in total. The number of benzene rings is 2. The Hall–Kier alpha value is -4.13. The number of H-pyrrole nitrogens is 3. The number of aromatic amines is 3. The van der Waals surface area contributed by atoms with Crippen LogP contribution in [0.15, 0.2) is 54.7 Å². The zero-order chi connectivity index (χ0) is 18.8. The summed E-state index contributed by atoms with van der Waals surface area (Å²) >= 11 is 0. The van der Waals surface area contributed by atoms with E-state index in [-0.39, 0.29) is 0 Å². The highest BCUT2D eigenvalue weighted by molar-refractivity contribution is 6.26. The first-order valence-corrected chi connectivity index (χ1v) is 8.92. The van der Waals surface area contributed by atoms with Gasteiger partial charge in [0.2, 0.25) is 0 Å². The molecule has 0 fully saturated rings. The molecule has 6 aromatic rings. The summed E-state index contributed by atoms with van der Waals surface area (Å²) in [6.45, 7) is 0. The standard InChI is InChI=1S/C21H15N7/c22-16(12-9-24-13-7-3-1-5-10(12)13)18-19-17(27-21(23)28-19)15-11-6-2-4-8-14(11)25-20(15)26-18/h1-9,22,24H,(H,25,26)(H3,23,27,28). The van der Waals surface area contributed by atoms with E-state index in [4.69, 9.17) is 16.1 Å². The van der Waals surface area contributed by atoms with E-state index in [1.54, 1.807) is 0 Å². The van der Waals surface area contributed by atoms with E-state index in [1.165, 1.54) is 0 Å². The Morgan fingerprint density at radius 2 is 1.64 bits per heavy atom. The molecule has 4 heterocycles. The Labute approximate surface area is 158 Å². The minimum atomic E-state index is 0.308. The number of nitrogens with zero attached hydrogens (tertiary/aromatic N) is 2. The van der Waals surface area contributed by atoms with Crippen LogP contribution < -0.4 is 5.73 Å². The van der Waals surface area contributed by atoms with Gasteiger partial charge in [-0.05, 0) is 12.1 Å². The predicted octanol–water partition coefficient (Wildman–Crippen LogP) is 4.07. The molecule has 0 saturated carbocycles. The van der Waals surface area contributed by atoms with Crippen LogP contribution in [0.4, 0.5) is 5.95 Å². The number of anilines is 1. The van der Waals surface area contributed by atoms with Crippen LogP contribution in [0.1, 0.15) is 11.3 Å². The van der Waals surface area contributed by atoms with Crippen molar-refractivity contribution in [3.8, 4) is 0 Å². The smallest absolute Gasteiger partial charge is 0.198 e. The van der Waals surface area contributed by atoms with Gasteiger partial charge in [0.15, 0.2) is 5.95 Å². The minimum Gasteiger partial charge on any atom is -0.369 e. The summed E-state index contributed by atoms with van der Waals surface area (Å²) in [5.74, 6) is 0.308. The lowest BCUT2D eigenvalue weighted by molar-refractivity contribution is 1.30. The van der Waals surface area contributed by atoms with Gasteiger partial charge in [0.1, 0.15) is 16.9 Å². The summed E-state index contributed by atoms with van der Waals surface area (Å²) in [5.41, 5.74) is 11.6. The topological polar surface area (TPSA) is 123 Å². The van der Waals surface area contributed by atoms with Crippen molar-refractivity contribution in [2.75, 3.05) is 5.73 Å². The third-order valence-corrected chi connectivity index (χ3v) is 5.20. The van der Waals surface area contributed by atoms with E-state index in [0.29, 0.717) is 28.5 Å². The molecule has 0 bridgehead atoms. The molecule has 2 aromatic carbocycles. The number of nitrogen functional groups attached to an aromatic ring is 1. The quantitative estimate of drug-likeness (QED) is 0.297. The van der Waals surface area contributed by atoms with Crippen LogP contribution in [0.3, 0.4) is 0 Å². The molecule has 7 nitrogen and oxygen atoms in total. The van der Waals surface area contributed by atoms with Crippen molar-refractivity contribution in [1.29, 1.82) is 5.41 Å². The number of fused-ring (bicyclic) bond motifs is 6. The summed E-state index contributed by atoms with van der Waals surface area (Å²) in [7, 11) is 0. The van der Waals surface area contributed by atoms with Crippen LogP contribution >= 0.6 is 0 Å². The van der Waals surface area contributed by atoms with Crippen LogP contribution in [0.25, 0.3) is 43.9 Å². The number of para-hydroxylation sites is 2. The molecule has 0 spiro atoms. The summed E-state index contributed by atoms with van der Waals surface area (Å²) < 4.78 is 0. The lowest BCUT2D eigenvalue weighted by atomic mass is 10.0. The zero-order valence-corrected chi connectivity index (χ0v) is 14.7. The van der Waals surface area contributed by atoms with Gasteiger partial charge in [-0.3, -0.25) is 5.41 Å². The Bertz CT molecular complexity index is 1550. The molecule has 0 aliphatic rings. The molecule has 0 amide bonds. The molecular weight excluding hydrogens is 350 g/mol. The summed E-state index contributed by atoms with van der Waals surface area (Å²) in [4.78, 5) is 19.0. The van der Waals surface area contributed by atoms with Gasteiger partial charge in [-0.1, -0.05) is 36.4 Å². The first kappa shape index (κ1) is 15.0. The molecule has 0 atom stereocenters. The molecule has 7 heteroatoms. The Balaban J connectivity index is 1.70. The van der Waals surface area contributed by atoms with Crippen LogP contribution in [-0.4, -0.2) is 30.6 Å². The molecular formula is C21H15N7. The van der Waals surface area contributed by atoms with Gasteiger partial charge >= 0.3 is 0 Å². The summed E-state index contributed by atoms with van der Waals surface area (Å²) in [6.07, 6.45) is 1.84. The molecule has 6 rings (SSSR count).